The summed E-state index contributed by atoms with van der Waals surface area (Å²) < 4.78 is 0. The van der Waals surface area contributed by atoms with E-state index in [0.717, 1.165) is 48.1 Å². The second-order valence-corrected chi connectivity index (χ2v) is 7.14. The third-order valence-corrected chi connectivity index (χ3v) is 5.62. The van der Waals surface area contributed by atoms with Crippen LogP contribution in [0.4, 0.5) is 0 Å². The zero-order valence-electron chi connectivity index (χ0n) is 14.4. The number of aliphatic imine (C=N–C) groups is 1. The molecule has 1 fully saturated rings. The first kappa shape index (κ1) is 16.0. The summed E-state index contributed by atoms with van der Waals surface area (Å²) in [6.45, 7) is 4.40. The number of Topliss-reactive ketones (excluding diaryl/α,β-unsaturated/α-hetero) is 1. The topological polar surface area (TPSA) is 29.4 Å². The molecule has 0 radical (unpaired) electrons. The third kappa shape index (κ3) is 2.76. The van der Waals surface area contributed by atoms with Crippen LogP contribution in [0.3, 0.4) is 0 Å². The molecule has 1 spiro atoms. The van der Waals surface area contributed by atoms with Crippen LogP contribution in [0.25, 0.3) is 0 Å². The summed E-state index contributed by atoms with van der Waals surface area (Å²) in [7, 11) is 0. The van der Waals surface area contributed by atoms with Crippen LogP contribution in [0.15, 0.2) is 77.8 Å². The lowest BCUT2D eigenvalue weighted by molar-refractivity contribution is 0.0965. The monoisotopic (exact) mass is 329 g/mol. The third-order valence-electron chi connectivity index (χ3n) is 5.62. The van der Waals surface area contributed by atoms with E-state index in [1.165, 1.54) is 6.42 Å². The Morgan fingerprint density at radius 1 is 0.920 bits per heavy atom. The van der Waals surface area contributed by atoms with Crippen LogP contribution >= 0.6 is 0 Å². The number of nitrogens with zero attached hydrogens (tertiary/aromatic N) is 1. The Morgan fingerprint density at radius 3 is 2.16 bits per heavy atom. The van der Waals surface area contributed by atoms with Crippen LogP contribution in [0.5, 0.6) is 0 Å². The molecule has 1 unspecified atom stereocenters. The quantitative estimate of drug-likeness (QED) is 0.559. The maximum Gasteiger partial charge on any atom is 0.176 e. The molecule has 126 valence electrons. The van der Waals surface area contributed by atoms with Crippen molar-refractivity contribution in [3.8, 4) is 0 Å². The molecule has 2 aromatic carbocycles. The summed E-state index contributed by atoms with van der Waals surface area (Å²) in [4.78, 5) is 18.5. The molecule has 1 aliphatic heterocycles. The van der Waals surface area contributed by atoms with Crippen molar-refractivity contribution in [3.05, 3.63) is 83.9 Å². The number of benzene rings is 2. The minimum atomic E-state index is -0.331. The number of rotatable bonds is 3. The molecule has 1 saturated carbocycles. The van der Waals surface area contributed by atoms with Crippen molar-refractivity contribution in [2.45, 2.75) is 37.6 Å². The first-order chi connectivity index (χ1) is 12.2. The first-order valence-electron chi connectivity index (χ1n) is 9.15. The highest BCUT2D eigenvalue weighted by atomic mass is 16.1. The number of hydrogen-bond donors (Lipinski definition) is 0. The van der Waals surface area contributed by atoms with E-state index in [2.05, 4.69) is 18.7 Å². The molecule has 2 aliphatic rings. The second kappa shape index (κ2) is 6.44. The van der Waals surface area contributed by atoms with Gasteiger partial charge in [0.1, 0.15) is 0 Å². The first-order valence-corrected chi connectivity index (χ1v) is 9.15. The second-order valence-electron chi connectivity index (χ2n) is 7.14. The van der Waals surface area contributed by atoms with Gasteiger partial charge in [-0.05, 0) is 24.0 Å². The van der Waals surface area contributed by atoms with Gasteiger partial charge in [0.15, 0.2) is 5.78 Å². The Kier molecular flexibility index (Phi) is 4.12. The zero-order chi connectivity index (χ0) is 17.3. The molecule has 2 nitrogen and oxygen atoms in total. The molecule has 2 aromatic rings. The van der Waals surface area contributed by atoms with E-state index >= 15 is 0 Å². The van der Waals surface area contributed by atoms with Crippen molar-refractivity contribution in [1.82, 2.24) is 0 Å². The van der Waals surface area contributed by atoms with Gasteiger partial charge in [-0.15, -0.1) is 0 Å². The van der Waals surface area contributed by atoms with Crippen LogP contribution < -0.4 is 0 Å². The highest BCUT2D eigenvalue weighted by Gasteiger charge is 2.47. The van der Waals surface area contributed by atoms with E-state index in [1.54, 1.807) is 0 Å². The fourth-order valence-corrected chi connectivity index (χ4v) is 4.26. The number of ketones is 1. The Balaban J connectivity index is 1.79. The predicted octanol–water partition coefficient (Wildman–Crippen LogP) is 5.25. The minimum absolute atomic E-state index is 0.121. The average Bonchev–Trinajstić information content (AvgIpc) is 2.95. The number of hydrogen-bond acceptors (Lipinski definition) is 2. The lowest BCUT2D eigenvalue weighted by Gasteiger charge is -2.33. The van der Waals surface area contributed by atoms with Crippen molar-refractivity contribution in [2.75, 3.05) is 0 Å². The molecule has 0 bridgehead atoms. The molecule has 0 aromatic heterocycles. The molecule has 25 heavy (non-hydrogen) atoms. The van der Waals surface area contributed by atoms with E-state index in [1.807, 2.05) is 48.5 Å². The molecular formula is C23H23NO. The molecule has 1 atom stereocenters. The molecule has 2 heteroatoms. The highest BCUT2D eigenvalue weighted by molar-refractivity contribution is 6.22. The number of carbonyl (C=O) groups is 1. The molecule has 1 heterocycles. The molecule has 4 rings (SSSR count). The smallest absolute Gasteiger partial charge is 0.176 e. The van der Waals surface area contributed by atoms with Crippen LogP contribution in [0.2, 0.25) is 0 Å². The lowest BCUT2D eigenvalue weighted by atomic mass is 9.73. The summed E-state index contributed by atoms with van der Waals surface area (Å²) in [5.74, 6) is -0.210. The maximum absolute atomic E-state index is 13.3. The molecule has 0 N–H and O–H groups in total. The molecular weight excluding hydrogens is 306 g/mol. The van der Waals surface area contributed by atoms with Gasteiger partial charge in [0, 0.05) is 5.56 Å². The van der Waals surface area contributed by atoms with Crippen molar-refractivity contribution < 1.29 is 4.79 Å². The van der Waals surface area contributed by atoms with Gasteiger partial charge in [0.25, 0.3) is 0 Å². The van der Waals surface area contributed by atoms with E-state index in [0.29, 0.717) is 0 Å². The lowest BCUT2D eigenvalue weighted by Crippen LogP contribution is -2.32. The van der Waals surface area contributed by atoms with Gasteiger partial charge < -0.3 is 0 Å². The van der Waals surface area contributed by atoms with E-state index < -0.39 is 0 Å². The van der Waals surface area contributed by atoms with E-state index in [9.17, 15) is 4.79 Å². The zero-order valence-corrected chi connectivity index (χ0v) is 14.4. The fraction of sp³-hybridized carbons (Fsp3) is 0.304. The fourth-order valence-electron chi connectivity index (χ4n) is 4.26. The predicted molar refractivity (Wildman–Crippen MR) is 102 cm³/mol. The Labute approximate surface area is 149 Å². The van der Waals surface area contributed by atoms with Gasteiger partial charge in [-0.1, -0.05) is 86.5 Å². The van der Waals surface area contributed by atoms with Gasteiger partial charge >= 0.3 is 0 Å². The van der Waals surface area contributed by atoms with E-state index in [4.69, 9.17) is 4.99 Å². The largest absolute Gasteiger partial charge is 0.293 e. The van der Waals surface area contributed by atoms with Crippen LogP contribution in [-0.2, 0) is 0 Å². The Hall–Kier alpha value is -2.48. The van der Waals surface area contributed by atoms with Crippen molar-refractivity contribution in [3.63, 3.8) is 0 Å². The van der Waals surface area contributed by atoms with Crippen molar-refractivity contribution >= 4 is 11.5 Å². The van der Waals surface area contributed by atoms with Crippen LogP contribution in [0, 0.1) is 5.92 Å². The maximum atomic E-state index is 13.3. The standard InChI is InChI=1S/C23H23NO/c1-17-20(22(25)19-13-7-3-8-14-19)21(18-11-5-2-6-12-18)24-23(17)15-9-4-10-16-23/h2-3,5-8,11-14,20H,1,4,9-10,15-16H2. The van der Waals surface area contributed by atoms with Crippen LogP contribution in [-0.4, -0.2) is 17.0 Å². The Bertz CT molecular complexity index is 814. The number of carbonyl (C=O) groups excluding carboxylic acids is 1. The van der Waals surface area contributed by atoms with Crippen molar-refractivity contribution in [2.24, 2.45) is 10.9 Å². The average molecular weight is 329 g/mol. The molecule has 1 aliphatic carbocycles. The van der Waals surface area contributed by atoms with E-state index in [-0.39, 0.29) is 17.2 Å². The summed E-state index contributed by atoms with van der Waals surface area (Å²) in [6, 6.07) is 19.7. The van der Waals surface area contributed by atoms with Gasteiger partial charge in [0.2, 0.25) is 0 Å². The highest BCUT2D eigenvalue weighted by Crippen LogP contribution is 2.47. The molecule has 0 saturated heterocycles. The van der Waals surface area contributed by atoms with Gasteiger partial charge in [-0.2, -0.15) is 0 Å². The van der Waals surface area contributed by atoms with Gasteiger partial charge in [0.05, 0.1) is 17.2 Å². The Morgan fingerprint density at radius 2 is 1.52 bits per heavy atom. The van der Waals surface area contributed by atoms with Gasteiger partial charge in [-0.3, -0.25) is 9.79 Å². The molecule has 0 amide bonds. The SMILES string of the molecule is C=C1C(C(=O)c2ccccc2)C(c2ccccc2)=NC12CCCCC2. The summed E-state index contributed by atoms with van der Waals surface area (Å²) in [5.41, 5.74) is 3.45. The van der Waals surface area contributed by atoms with Crippen molar-refractivity contribution in [1.29, 1.82) is 0 Å². The summed E-state index contributed by atoms with van der Waals surface area (Å²) in [6.07, 6.45) is 5.61. The van der Waals surface area contributed by atoms with Gasteiger partial charge in [-0.25, -0.2) is 0 Å². The summed E-state index contributed by atoms with van der Waals surface area (Å²) >= 11 is 0. The normalized spacial score (nSPS) is 22.0. The van der Waals surface area contributed by atoms with Crippen LogP contribution in [0.1, 0.15) is 48.0 Å². The minimum Gasteiger partial charge on any atom is -0.293 e. The summed E-state index contributed by atoms with van der Waals surface area (Å²) in [5, 5.41) is 0.